The van der Waals surface area contributed by atoms with Crippen molar-refractivity contribution in [2.45, 2.75) is 171 Å². The smallest absolute Gasteiger partial charge is 0.396 e. The maximum atomic E-state index is 15.6. The van der Waals surface area contributed by atoms with Crippen LogP contribution in [-0.4, -0.2) is 227 Å². The number of halogens is 13. The predicted molar refractivity (Wildman–Crippen MR) is 482 cm³/mol. The fraction of sp³-hybridized carbons (Fsp3) is 0.570. The number of hydrogen-bond acceptors (Lipinski definition) is 26. The number of nitrogens with one attached hydrogen (secondary N) is 3. The quantitative estimate of drug-likeness (QED) is 0.0285. The lowest BCUT2D eigenvalue weighted by atomic mass is 9.77. The molecule has 0 radical (unpaired) electrons. The number of alkyl halides is 9. The molecule has 8 fully saturated rings. The third-order valence-corrected chi connectivity index (χ3v) is 28.8. The SMILES string of the molecule is CC(F)(F)c1ccc(C2CCCN2c2ncnc(CCC3(CS(C)(=O)=O)CCOCC3)c2F)cc1.CC(F)(F)c1ccc(C2COCCN2c2ncnc(NCC3(CCO)CCOCC3)c2F)cc1.CC(F)(F)c1ccc(C2COCCN2c2ncnc(NCC3(O)CCOC3)c2F)cc1.CS(=O)(=O)N1CCC(CNc2ncnc(N3CCCCC3c3ccc(C(F)(F)F)cc3)c2F)CC1. The van der Waals surface area contributed by atoms with Gasteiger partial charge in [0.15, 0.2) is 46.5 Å². The monoisotopic (exact) mass is 1940 g/mol. The Morgan fingerprint density at radius 1 is 0.422 bits per heavy atom. The summed E-state index contributed by atoms with van der Waals surface area (Å²) >= 11 is 0. The first-order valence-electron chi connectivity index (χ1n) is 45.4. The molecule has 8 aliphatic rings. The van der Waals surface area contributed by atoms with E-state index in [1.807, 2.05) is 4.90 Å². The van der Waals surface area contributed by atoms with E-state index in [0.29, 0.717) is 162 Å². The Labute approximate surface area is 777 Å². The number of morpholine rings is 2. The van der Waals surface area contributed by atoms with Crippen LogP contribution in [-0.2, 0) is 73.9 Å². The Morgan fingerprint density at radius 2 is 0.815 bits per heavy atom. The molecule has 5 N–H and O–H groups in total. The van der Waals surface area contributed by atoms with Crippen LogP contribution in [0.1, 0.15) is 185 Å². The number of aromatic nitrogens is 8. The van der Waals surface area contributed by atoms with Crippen LogP contribution in [0.15, 0.2) is 122 Å². The number of hydrogen-bond donors (Lipinski definition) is 5. The lowest BCUT2D eigenvalue weighted by Gasteiger charge is -2.38. The van der Waals surface area contributed by atoms with Crippen molar-refractivity contribution in [1.29, 1.82) is 0 Å². The minimum atomic E-state index is -4.41. The lowest BCUT2D eigenvalue weighted by molar-refractivity contribution is -0.137. The highest BCUT2D eigenvalue weighted by molar-refractivity contribution is 7.90. The maximum Gasteiger partial charge on any atom is 0.416 e. The van der Waals surface area contributed by atoms with Crippen LogP contribution >= 0.6 is 0 Å². The van der Waals surface area contributed by atoms with Gasteiger partial charge in [-0.3, -0.25) is 0 Å². The van der Waals surface area contributed by atoms with Crippen LogP contribution in [0.25, 0.3) is 0 Å². The number of nitrogens with zero attached hydrogens (tertiary/aromatic N) is 13. The van der Waals surface area contributed by atoms with E-state index in [-0.39, 0.29) is 131 Å². The van der Waals surface area contributed by atoms with E-state index in [2.05, 4.69) is 55.8 Å². The van der Waals surface area contributed by atoms with Crippen molar-refractivity contribution in [2.75, 3.05) is 185 Å². The van der Waals surface area contributed by atoms with Gasteiger partial charge in [-0.2, -0.15) is 26.3 Å². The van der Waals surface area contributed by atoms with Gasteiger partial charge in [0.25, 0.3) is 17.8 Å². The number of benzene rings is 4. The van der Waals surface area contributed by atoms with Gasteiger partial charge in [-0.05, 0) is 141 Å². The average Bonchev–Trinajstić information content (AvgIpc) is 1.74. The highest BCUT2D eigenvalue weighted by atomic mass is 32.2. The second-order valence-corrected chi connectivity index (χ2v) is 40.4. The summed E-state index contributed by atoms with van der Waals surface area (Å²) in [6, 6.07) is 22.0. The first-order chi connectivity index (χ1) is 64.1. The van der Waals surface area contributed by atoms with Gasteiger partial charge in [0, 0.05) is 149 Å². The Bertz CT molecular complexity index is 5420. The van der Waals surface area contributed by atoms with Gasteiger partial charge < -0.3 is 69.4 Å². The van der Waals surface area contributed by atoms with Crippen LogP contribution in [0.4, 0.5) is 97.8 Å². The van der Waals surface area contributed by atoms with Crippen molar-refractivity contribution in [2.24, 2.45) is 16.7 Å². The minimum Gasteiger partial charge on any atom is -0.396 e. The van der Waals surface area contributed by atoms with E-state index in [1.165, 1.54) is 90.7 Å². The zero-order valence-corrected chi connectivity index (χ0v) is 77.6. The Balaban J connectivity index is 0.000000153. The van der Waals surface area contributed by atoms with Crippen molar-refractivity contribution in [1.82, 2.24) is 44.2 Å². The number of ether oxygens (including phenoxy) is 5. The number of sulfonamides is 1. The lowest BCUT2D eigenvalue weighted by Crippen LogP contribution is -2.41. The molecule has 0 aliphatic carbocycles. The summed E-state index contributed by atoms with van der Waals surface area (Å²) in [6.07, 6.45) is 13.1. The van der Waals surface area contributed by atoms with E-state index in [9.17, 15) is 66.6 Å². The number of aliphatic hydroxyl groups excluding tert-OH is 1. The molecule has 5 atom stereocenters. The second kappa shape index (κ2) is 44.5. The molecular weight excluding hydrogens is 1830 g/mol. The summed E-state index contributed by atoms with van der Waals surface area (Å²) in [4.78, 5) is 40.3. The molecule has 8 saturated heterocycles. The summed E-state index contributed by atoms with van der Waals surface area (Å²) in [7, 11) is -6.41. The molecule has 16 rings (SSSR count). The second-order valence-electron chi connectivity index (χ2n) is 36.3. The van der Waals surface area contributed by atoms with Gasteiger partial charge in [-0.1, -0.05) is 84.9 Å². The summed E-state index contributed by atoms with van der Waals surface area (Å²) in [5.74, 6) is -10.2. The van der Waals surface area contributed by atoms with Crippen LogP contribution in [0.5, 0.6) is 0 Å². The number of anilines is 7. The highest BCUT2D eigenvalue weighted by Gasteiger charge is 2.42. The first-order valence-corrected chi connectivity index (χ1v) is 49.3. The van der Waals surface area contributed by atoms with Gasteiger partial charge in [0.2, 0.25) is 27.5 Å². The van der Waals surface area contributed by atoms with Crippen LogP contribution in [0.3, 0.4) is 0 Å². The summed E-state index contributed by atoms with van der Waals surface area (Å²) in [5, 5.41) is 29.0. The molecule has 12 heterocycles. The summed E-state index contributed by atoms with van der Waals surface area (Å²) in [6.45, 7) is 10.6. The van der Waals surface area contributed by atoms with Gasteiger partial charge in [-0.25, -0.2) is 91.7 Å². The zero-order chi connectivity index (χ0) is 96.7. The number of sulfone groups is 1. The molecule has 0 amide bonds. The van der Waals surface area contributed by atoms with Crippen molar-refractivity contribution >= 4 is 60.6 Å². The number of rotatable bonds is 28. The largest absolute Gasteiger partial charge is 0.416 e. The van der Waals surface area contributed by atoms with Crippen LogP contribution in [0, 0.1) is 40.0 Å². The fourth-order valence-corrected chi connectivity index (χ4v) is 21.0. The van der Waals surface area contributed by atoms with Crippen LogP contribution in [0.2, 0.25) is 0 Å². The molecule has 8 aliphatic heterocycles. The Kier molecular flexibility index (Phi) is 33.9. The standard InChI is InChI=1S/C25H32F3N3O3S.C24H31F3N4O3.C23H29F4N5O2S.C21H25F3N4O3/c1-24(27,28)19-7-5-18(6-8-19)21-4-3-13-31(21)23-22(26)20(29-17-30-23)9-10-25(16-35(2,32)33)11-14-34-15-12-25;1-23(26,27)18-4-2-17(3-5-18)19-14-34-13-9-31(19)22-20(25)21(29-16-30-22)28-15-24(6-10-32)7-11-33-12-8-24;1-35(33,34)31-12-9-16(10-13-31)14-28-21-20(24)22(30-15-29-21)32-11-3-2-4-19(32)17-5-7-18(8-6-17)23(25,26)27;1-20(23,24)15-4-2-14(3-5-15)16-10-30-9-7-28(16)19-17(22)18(26-13-27-19)25-11-21(29)6-8-31-12-21/h5-8,17,21H,3-4,9-16H2,1-2H3;2-5,16,19,32H,6-15H2,1H3,(H,28,29,30);5-8,15-16,19H,2-4,9-14H2,1H3,(H,28,29,30);2-5,13,16,29H,6-12H2,1H3,(H,25,26,27). The molecule has 0 saturated carbocycles. The van der Waals surface area contributed by atoms with E-state index in [4.69, 9.17) is 23.7 Å². The molecule has 4 aromatic heterocycles. The number of piperidine rings is 2. The number of aryl methyl sites for hydroxylation is 1. The van der Waals surface area contributed by atoms with Crippen molar-refractivity contribution in [3.63, 3.8) is 0 Å². The van der Waals surface area contributed by atoms with E-state index < -0.39 is 89.7 Å². The molecule has 0 spiro atoms. The molecular formula is C93H117F13N16O11S2. The maximum absolute atomic E-state index is 15.6. The van der Waals surface area contributed by atoms with Crippen LogP contribution < -0.4 is 35.6 Å². The third kappa shape index (κ3) is 26.9. The van der Waals surface area contributed by atoms with Gasteiger partial charge in [0.1, 0.15) is 40.7 Å². The predicted octanol–water partition coefficient (Wildman–Crippen LogP) is 16.1. The Hall–Kier alpha value is -9.53. The van der Waals surface area contributed by atoms with E-state index in [1.54, 1.807) is 51.1 Å². The first kappa shape index (κ1) is 103. The molecule has 0 bridgehead atoms. The van der Waals surface area contributed by atoms with Crippen molar-refractivity contribution < 1.29 is 108 Å². The molecule has 738 valence electrons. The van der Waals surface area contributed by atoms with E-state index >= 15 is 17.6 Å². The van der Waals surface area contributed by atoms with Gasteiger partial charge in [-0.15, -0.1) is 0 Å². The molecule has 135 heavy (non-hydrogen) atoms. The highest BCUT2D eigenvalue weighted by Crippen LogP contribution is 2.45. The molecule has 42 heteroatoms. The summed E-state index contributed by atoms with van der Waals surface area (Å²) < 4.78 is 259. The molecule has 27 nitrogen and oxygen atoms in total. The molecule has 5 unspecified atom stereocenters. The molecule has 8 aromatic rings. The fourth-order valence-electron chi connectivity index (χ4n) is 18.6. The van der Waals surface area contributed by atoms with E-state index in [0.717, 1.165) is 88.1 Å². The van der Waals surface area contributed by atoms with Gasteiger partial charge >= 0.3 is 6.18 Å². The zero-order valence-electron chi connectivity index (χ0n) is 76.0. The molecule has 4 aromatic carbocycles. The third-order valence-electron chi connectivity index (χ3n) is 26.4. The van der Waals surface area contributed by atoms with Gasteiger partial charge in [0.05, 0.1) is 80.5 Å². The topological polar surface area (TPSA) is 310 Å². The Morgan fingerprint density at radius 3 is 1.24 bits per heavy atom. The average molecular weight is 1950 g/mol. The normalized spacial score (nSPS) is 21.6. The minimum absolute atomic E-state index is 0.0171. The van der Waals surface area contributed by atoms with Crippen molar-refractivity contribution in [3.8, 4) is 0 Å². The summed E-state index contributed by atoms with van der Waals surface area (Å²) in [5.41, 5.74) is 0.593. The number of aliphatic hydroxyl groups is 2. The van der Waals surface area contributed by atoms with Crippen molar-refractivity contribution in [3.05, 3.63) is 196 Å².